The van der Waals surface area contributed by atoms with Crippen molar-refractivity contribution in [2.24, 2.45) is 5.41 Å². The topological polar surface area (TPSA) is 104 Å². The van der Waals surface area contributed by atoms with Crippen molar-refractivity contribution in [1.82, 2.24) is 30.8 Å². The largest absolute Gasteiger partial charge is 0.353 e. The SMILES string of the molecule is O=C(c1ccccc1-c1nn[nH]n1)N1CC(Cc2ccccc2)(C(=O)NC2CC2)C1. The van der Waals surface area contributed by atoms with Crippen LogP contribution in [0.25, 0.3) is 11.4 Å². The molecule has 0 atom stereocenters. The molecule has 1 saturated heterocycles. The molecule has 3 aromatic rings. The van der Waals surface area contributed by atoms with E-state index >= 15 is 0 Å². The summed E-state index contributed by atoms with van der Waals surface area (Å²) in [5.74, 6) is 0.296. The van der Waals surface area contributed by atoms with Crippen LogP contribution in [0.2, 0.25) is 0 Å². The number of amides is 2. The highest BCUT2D eigenvalue weighted by molar-refractivity contribution is 6.01. The smallest absolute Gasteiger partial charge is 0.254 e. The minimum Gasteiger partial charge on any atom is -0.353 e. The third-order valence-corrected chi connectivity index (χ3v) is 5.80. The highest BCUT2D eigenvalue weighted by Crippen LogP contribution is 2.37. The fourth-order valence-electron chi connectivity index (χ4n) is 4.03. The van der Waals surface area contributed by atoms with Gasteiger partial charge in [0.25, 0.3) is 5.91 Å². The van der Waals surface area contributed by atoms with E-state index in [1.54, 1.807) is 17.0 Å². The molecule has 5 rings (SSSR count). The molecule has 2 aliphatic rings. The van der Waals surface area contributed by atoms with E-state index in [4.69, 9.17) is 0 Å². The van der Waals surface area contributed by atoms with E-state index in [1.165, 1.54) is 0 Å². The maximum absolute atomic E-state index is 13.2. The summed E-state index contributed by atoms with van der Waals surface area (Å²) >= 11 is 0. The summed E-state index contributed by atoms with van der Waals surface area (Å²) in [5.41, 5.74) is 1.64. The van der Waals surface area contributed by atoms with Crippen LogP contribution in [0, 0.1) is 5.41 Å². The molecule has 0 bridgehead atoms. The standard InChI is InChI=1S/C22H22N6O2/c29-20(18-9-5-4-8-17(18)19-24-26-27-25-19)28-13-22(14-28,21(30)23-16-10-11-16)12-15-6-2-1-3-7-15/h1-9,16H,10-14H2,(H,23,30)(H,24,25,26,27). The Morgan fingerprint density at radius 1 is 1.07 bits per heavy atom. The Morgan fingerprint density at radius 3 is 2.50 bits per heavy atom. The van der Waals surface area contributed by atoms with Gasteiger partial charge in [-0.05, 0) is 36.1 Å². The number of hydrogen-bond acceptors (Lipinski definition) is 5. The van der Waals surface area contributed by atoms with E-state index in [9.17, 15) is 9.59 Å². The number of tetrazole rings is 1. The number of benzene rings is 2. The van der Waals surface area contributed by atoms with Gasteiger partial charge in [-0.3, -0.25) is 9.59 Å². The summed E-state index contributed by atoms with van der Waals surface area (Å²) in [6, 6.07) is 17.5. The van der Waals surface area contributed by atoms with Crippen LogP contribution < -0.4 is 5.32 Å². The minimum absolute atomic E-state index is 0.0457. The van der Waals surface area contributed by atoms with Crippen molar-refractivity contribution < 1.29 is 9.59 Å². The second-order valence-electron chi connectivity index (χ2n) is 8.13. The minimum atomic E-state index is -0.597. The quantitative estimate of drug-likeness (QED) is 0.655. The molecule has 1 saturated carbocycles. The molecule has 1 aliphatic carbocycles. The first-order valence-corrected chi connectivity index (χ1v) is 10.1. The van der Waals surface area contributed by atoms with Gasteiger partial charge in [-0.25, -0.2) is 0 Å². The Balaban J connectivity index is 1.37. The predicted molar refractivity (Wildman–Crippen MR) is 109 cm³/mol. The summed E-state index contributed by atoms with van der Waals surface area (Å²) < 4.78 is 0. The molecule has 30 heavy (non-hydrogen) atoms. The number of aromatic nitrogens is 4. The number of carbonyl (C=O) groups is 2. The van der Waals surface area contributed by atoms with Crippen LogP contribution in [0.5, 0.6) is 0 Å². The van der Waals surface area contributed by atoms with E-state index in [1.807, 2.05) is 42.5 Å². The van der Waals surface area contributed by atoms with Crippen LogP contribution in [0.3, 0.4) is 0 Å². The zero-order valence-corrected chi connectivity index (χ0v) is 16.4. The van der Waals surface area contributed by atoms with Gasteiger partial charge >= 0.3 is 0 Å². The Morgan fingerprint density at radius 2 is 1.80 bits per heavy atom. The van der Waals surface area contributed by atoms with Gasteiger partial charge < -0.3 is 10.2 Å². The van der Waals surface area contributed by atoms with Gasteiger partial charge in [-0.1, -0.05) is 48.5 Å². The number of nitrogens with zero attached hydrogens (tertiary/aromatic N) is 4. The first kappa shape index (κ1) is 18.5. The van der Waals surface area contributed by atoms with Crippen molar-refractivity contribution >= 4 is 11.8 Å². The molecule has 2 amide bonds. The average molecular weight is 402 g/mol. The Labute approximate surface area is 173 Å². The predicted octanol–water partition coefficient (Wildman–Crippen LogP) is 1.83. The monoisotopic (exact) mass is 402 g/mol. The zero-order valence-electron chi connectivity index (χ0n) is 16.4. The molecular weight excluding hydrogens is 380 g/mol. The molecule has 2 fully saturated rings. The molecule has 1 aliphatic heterocycles. The second-order valence-corrected chi connectivity index (χ2v) is 8.13. The van der Waals surface area contributed by atoms with Crippen molar-refractivity contribution in [3.8, 4) is 11.4 Å². The van der Waals surface area contributed by atoms with Crippen molar-refractivity contribution in [1.29, 1.82) is 0 Å². The fraction of sp³-hybridized carbons (Fsp3) is 0.318. The molecule has 8 nitrogen and oxygen atoms in total. The number of rotatable bonds is 6. The average Bonchev–Trinajstić information content (AvgIpc) is 3.39. The molecular formula is C22H22N6O2. The van der Waals surface area contributed by atoms with Crippen molar-refractivity contribution in [2.45, 2.75) is 25.3 Å². The molecule has 0 unspecified atom stereocenters. The number of likely N-dealkylation sites (tertiary alicyclic amines) is 1. The number of hydrogen-bond donors (Lipinski definition) is 2. The lowest BCUT2D eigenvalue weighted by molar-refractivity contribution is -0.139. The molecule has 152 valence electrons. The number of nitrogens with one attached hydrogen (secondary N) is 2. The van der Waals surface area contributed by atoms with Gasteiger partial charge in [-0.15, -0.1) is 10.2 Å². The van der Waals surface area contributed by atoms with Gasteiger partial charge in [0, 0.05) is 24.7 Å². The summed E-state index contributed by atoms with van der Waals surface area (Å²) in [7, 11) is 0. The number of aromatic amines is 1. The van der Waals surface area contributed by atoms with Gasteiger partial charge in [0.1, 0.15) is 0 Å². The number of carbonyl (C=O) groups excluding carboxylic acids is 2. The Kier molecular flexibility index (Phi) is 4.54. The van der Waals surface area contributed by atoms with Gasteiger partial charge in [-0.2, -0.15) is 5.21 Å². The van der Waals surface area contributed by atoms with Crippen molar-refractivity contribution in [2.75, 3.05) is 13.1 Å². The van der Waals surface area contributed by atoms with Crippen LogP contribution in [0.15, 0.2) is 54.6 Å². The fourth-order valence-corrected chi connectivity index (χ4v) is 4.03. The third kappa shape index (κ3) is 3.45. The molecule has 0 spiro atoms. The van der Waals surface area contributed by atoms with Gasteiger partial charge in [0.15, 0.2) is 0 Å². The lowest BCUT2D eigenvalue weighted by Gasteiger charge is -2.49. The van der Waals surface area contributed by atoms with E-state index in [-0.39, 0.29) is 17.9 Å². The van der Waals surface area contributed by atoms with E-state index in [2.05, 4.69) is 25.9 Å². The first-order valence-electron chi connectivity index (χ1n) is 10.1. The van der Waals surface area contributed by atoms with E-state index < -0.39 is 5.41 Å². The Hall–Kier alpha value is -3.55. The summed E-state index contributed by atoms with van der Waals surface area (Å²) in [6.07, 6.45) is 2.68. The lowest BCUT2D eigenvalue weighted by atomic mass is 9.73. The number of H-pyrrole nitrogens is 1. The summed E-state index contributed by atoms with van der Waals surface area (Å²) in [5, 5.41) is 17.2. The van der Waals surface area contributed by atoms with E-state index in [0.29, 0.717) is 36.5 Å². The van der Waals surface area contributed by atoms with Gasteiger partial charge in [0.2, 0.25) is 11.7 Å². The molecule has 1 aromatic heterocycles. The molecule has 0 radical (unpaired) electrons. The van der Waals surface area contributed by atoms with Crippen LogP contribution >= 0.6 is 0 Å². The highest BCUT2D eigenvalue weighted by Gasteiger charge is 2.52. The second kappa shape index (κ2) is 7.37. The normalized spacial score (nSPS) is 17.3. The summed E-state index contributed by atoms with van der Waals surface area (Å²) in [4.78, 5) is 28.1. The van der Waals surface area contributed by atoms with Crippen LogP contribution in [0.1, 0.15) is 28.8 Å². The van der Waals surface area contributed by atoms with Crippen LogP contribution in [-0.4, -0.2) is 56.5 Å². The highest BCUT2D eigenvalue weighted by atomic mass is 16.2. The molecule has 2 aromatic carbocycles. The van der Waals surface area contributed by atoms with Crippen LogP contribution in [0.4, 0.5) is 0 Å². The maximum Gasteiger partial charge on any atom is 0.254 e. The van der Waals surface area contributed by atoms with E-state index in [0.717, 1.165) is 18.4 Å². The van der Waals surface area contributed by atoms with Crippen LogP contribution in [-0.2, 0) is 11.2 Å². The maximum atomic E-state index is 13.2. The summed E-state index contributed by atoms with van der Waals surface area (Å²) in [6.45, 7) is 0.777. The molecule has 2 heterocycles. The van der Waals surface area contributed by atoms with Crippen molar-refractivity contribution in [3.63, 3.8) is 0 Å². The molecule has 2 N–H and O–H groups in total. The lowest BCUT2D eigenvalue weighted by Crippen LogP contribution is -2.65. The third-order valence-electron chi connectivity index (χ3n) is 5.80. The van der Waals surface area contributed by atoms with Gasteiger partial charge in [0.05, 0.1) is 11.0 Å². The zero-order chi connectivity index (χ0) is 20.6. The van der Waals surface area contributed by atoms with Crippen molar-refractivity contribution in [3.05, 3.63) is 65.7 Å². The molecule has 8 heteroatoms. The first-order chi connectivity index (χ1) is 14.6. The Bertz CT molecular complexity index is 1060.